The summed E-state index contributed by atoms with van der Waals surface area (Å²) in [5, 5.41) is 9.03. The van der Waals surface area contributed by atoms with Gasteiger partial charge in [-0.25, -0.2) is 9.18 Å². The Hall–Kier alpha value is -2.56. The molecule has 5 heteroatoms. The van der Waals surface area contributed by atoms with Gasteiger partial charge in [-0.1, -0.05) is 6.07 Å². The summed E-state index contributed by atoms with van der Waals surface area (Å²) in [7, 11) is 0. The van der Waals surface area contributed by atoms with Crippen molar-refractivity contribution in [2.75, 3.05) is 5.73 Å². The predicted octanol–water partition coefficient (Wildman–Crippen LogP) is 3.82. The molecule has 0 amide bonds. The third-order valence-corrected chi connectivity index (χ3v) is 3.32. The normalized spacial score (nSPS) is 10.5. The lowest BCUT2D eigenvalue weighted by Gasteiger charge is -2.13. The molecule has 0 aliphatic carbocycles. The summed E-state index contributed by atoms with van der Waals surface area (Å²) in [6, 6.07) is 5.82. The molecule has 0 bridgehead atoms. The van der Waals surface area contributed by atoms with Crippen LogP contribution in [-0.2, 0) is 0 Å². The predicted molar refractivity (Wildman–Crippen MR) is 78.5 cm³/mol. The van der Waals surface area contributed by atoms with Crippen LogP contribution in [0.1, 0.15) is 27.0 Å². The number of halogens is 1. The minimum Gasteiger partial charge on any atom is -0.478 e. The second-order valence-electron chi connectivity index (χ2n) is 4.98. The molecule has 0 aliphatic heterocycles. The van der Waals surface area contributed by atoms with E-state index in [2.05, 4.69) is 0 Å². The van der Waals surface area contributed by atoms with Crippen molar-refractivity contribution >= 4 is 11.7 Å². The number of nitrogen functional groups attached to an aromatic ring is 1. The third kappa shape index (κ3) is 2.97. The Morgan fingerprint density at radius 1 is 1.14 bits per heavy atom. The molecule has 0 spiro atoms. The monoisotopic (exact) mass is 289 g/mol. The van der Waals surface area contributed by atoms with E-state index in [1.807, 2.05) is 26.8 Å². The number of ether oxygens (including phenoxy) is 1. The van der Waals surface area contributed by atoms with Crippen LogP contribution < -0.4 is 10.5 Å². The van der Waals surface area contributed by atoms with Gasteiger partial charge in [0.25, 0.3) is 0 Å². The summed E-state index contributed by atoms with van der Waals surface area (Å²) in [5.41, 5.74) is 8.02. The lowest BCUT2D eigenvalue weighted by atomic mass is 10.1. The summed E-state index contributed by atoms with van der Waals surface area (Å²) in [4.78, 5) is 11.1. The molecule has 110 valence electrons. The maximum absolute atomic E-state index is 13.9. The largest absolute Gasteiger partial charge is 0.478 e. The van der Waals surface area contributed by atoms with Crippen LogP contribution in [-0.4, -0.2) is 11.1 Å². The molecule has 0 aliphatic rings. The van der Waals surface area contributed by atoms with Gasteiger partial charge in [-0.3, -0.25) is 0 Å². The topological polar surface area (TPSA) is 72.5 Å². The van der Waals surface area contributed by atoms with Crippen molar-refractivity contribution in [3.8, 4) is 11.5 Å². The summed E-state index contributed by atoms with van der Waals surface area (Å²) in [6.45, 7) is 5.69. The van der Waals surface area contributed by atoms with E-state index in [0.717, 1.165) is 28.8 Å². The highest BCUT2D eigenvalue weighted by molar-refractivity contribution is 5.94. The van der Waals surface area contributed by atoms with Crippen LogP contribution in [0.3, 0.4) is 0 Å². The van der Waals surface area contributed by atoms with E-state index in [1.54, 1.807) is 6.07 Å². The summed E-state index contributed by atoms with van der Waals surface area (Å²) >= 11 is 0. The molecular formula is C16H16FNO3. The van der Waals surface area contributed by atoms with Gasteiger partial charge in [0.15, 0.2) is 11.6 Å². The van der Waals surface area contributed by atoms with Crippen LogP contribution in [0.5, 0.6) is 11.5 Å². The molecule has 0 fully saturated rings. The van der Waals surface area contributed by atoms with E-state index in [0.29, 0.717) is 5.75 Å². The van der Waals surface area contributed by atoms with Crippen molar-refractivity contribution in [2.24, 2.45) is 0 Å². The summed E-state index contributed by atoms with van der Waals surface area (Å²) in [5.74, 6) is -1.59. The number of rotatable bonds is 3. The zero-order chi connectivity index (χ0) is 15.7. The first-order chi connectivity index (χ1) is 9.79. The minimum atomic E-state index is -1.23. The molecule has 0 unspecified atom stereocenters. The van der Waals surface area contributed by atoms with Gasteiger partial charge in [0.1, 0.15) is 5.75 Å². The van der Waals surface area contributed by atoms with Gasteiger partial charge >= 0.3 is 5.97 Å². The van der Waals surface area contributed by atoms with Crippen molar-refractivity contribution in [3.05, 3.63) is 52.3 Å². The Bertz CT molecular complexity index is 726. The molecule has 0 atom stereocenters. The van der Waals surface area contributed by atoms with Crippen LogP contribution >= 0.6 is 0 Å². The second-order valence-corrected chi connectivity index (χ2v) is 4.98. The molecule has 0 aromatic heterocycles. The van der Waals surface area contributed by atoms with Crippen molar-refractivity contribution in [1.29, 1.82) is 0 Å². The molecular weight excluding hydrogens is 273 g/mol. The Labute approximate surface area is 122 Å². The fourth-order valence-corrected chi connectivity index (χ4v) is 2.06. The van der Waals surface area contributed by atoms with E-state index < -0.39 is 11.8 Å². The van der Waals surface area contributed by atoms with E-state index in [4.69, 9.17) is 15.6 Å². The lowest BCUT2D eigenvalue weighted by molar-refractivity contribution is 0.0697. The first-order valence-corrected chi connectivity index (χ1v) is 6.37. The lowest BCUT2D eigenvalue weighted by Crippen LogP contribution is -2.04. The van der Waals surface area contributed by atoms with E-state index in [1.165, 1.54) is 0 Å². The fourth-order valence-electron chi connectivity index (χ4n) is 2.06. The van der Waals surface area contributed by atoms with Gasteiger partial charge in [0.2, 0.25) is 0 Å². The van der Waals surface area contributed by atoms with Crippen molar-refractivity contribution < 1.29 is 19.0 Å². The van der Waals surface area contributed by atoms with Crippen LogP contribution in [0.25, 0.3) is 0 Å². The molecule has 4 nitrogen and oxygen atoms in total. The van der Waals surface area contributed by atoms with E-state index in [9.17, 15) is 9.18 Å². The summed E-state index contributed by atoms with van der Waals surface area (Å²) < 4.78 is 19.5. The van der Waals surface area contributed by atoms with Gasteiger partial charge in [0.05, 0.1) is 5.56 Å². The van der Waals surface area contributed by atoms with E-state index in [-0.39, 0.29) is 17.0 Å². The number of nitrogens with two attached hydrogens (primary N) is 1. The number of aromatic carboxylic acids is 1. The molecule has 0 saturated carbocycles. The number of carboxylic acids is 1. The molecule has 0 heterocycles. The highest BCUT2D eigenvalue weighted by Gasteiger charge is 2.16. The average Bonchev–Trinajstić information content (AvgIpc) is 2.37. The average molecular weight is 289 g/mol. The Balaban J connectivity index is 2.49. The van der Waals surface area contributed by atoms with Gasteiger partial charge in [-0.2, -0.15) is 0 Å². The van der Waals surface area contributed by atoms with Crippen molar-refractivity contribution in [2.45, 2.75) is 20.8 Å². The Morgan fingerprint density at radius 3 is 2.43 bits per heavy atom. The molecule has 0 saturated heterocycles. The molecule has 0 radical (unpaired) electrons. The maximum atomic E-state index is 13.9. The Morgan fingerprint density at radius 2 is 1.81 bits per heavy atom. The van der Waals surface area contributed by atoms with Crippen molar-refractivity contribution in [1.82, 2.24) is 0 Å². The van der Waals surface area contributed by atoms with Crippen LogP contribution in [0, 0.1) is 26.6 Å². The van der Waals surface area contributed by atoms with Gasteiger partial charge < -0.3 is 15.6 Å². The first kappa shape index (κ1) is 14.8. The van der Waals surface area contributed by atoms with E-state index >= 15 is 0 Å². The molecule has 2 rings (SSSR count). The third-order valence-electron chi connectivity index (χ3n) is 3.32. The van der Waals surface area contributed by atoms with Crippen LogP contribution in [0.4, 0.5) is 10.1 Å². The molecule has 3 N–H and O–H groups in total. The van der Waals surface area contributed by atoms with Gasteiger partial charge in [0, 0.05) is 17.8 Å². The zero-order valence-electron chi connectivity index (χ0n) is 12.0. The fraction of sp³-hybridized carbons (Fsp3) is 0.188. The number of aryl methyl sites for hydroxylation is 2. The van der Waals surface area contributed by atoms with Crippen LogP contribution in [0.15, 0.2) is 24.3 Å². The summed E-state index contributed by atoms with van der Waals surface area (Å²) in [6.07, 6.45) is 0. The van der Waals surface area contributed by atoms with Crippen molar-refractivity contribution in [3.63, 3.8) is 0 Å². The number of anilines is 1. The number of carboxylic acid groups (broad SMARTS) is 1. The highest BCUT2D eigenvalue weighted by atomic mass is 19.1. The SMILES string of the molecule is Cc1cc(C)c(C)c(Oc2cc(C(=O)O)c(N)cc2F)c1. The van der Waals surface area contributed by atoms with Crippen LogP contribution in [0.2, 0.25) is 0 Å². The number of hydrogen-bond donors (Lipinski definition) is 2. The Kier molecular flexibility index (Phi) is 3.84. The second kappa shape index (κ2) is 5.44. The smallest absolute Gasteiger partial charge is 0.337 e. The maximum Gasteiger partial charge on any atom is 0.337 e. The van der Waals surface area contributed by atoms with Gasteiger partial charge in [-0.05, 0) is 43.5 Å². The van der Waals surface area contributed by atoms with Gasteiger partial charge in [-0.15, -0.1) is 0 Å². The number of hydrogen-bond acceptors (Lipinski definition) is 3. The molecule has 2 aromatic carbocycles. The number of carbonyl (C=O) groups is 1. The quantitative estimate of drug-likeness (QED) is 0.842. The highest BCUT2D eigenvalue weighted by Crippen LogP contribution is 2.32. The first-order valence-electron chi connectivity index (χ1n) is 6.37. The minimum absolute atomic E-state index is 0.135. The molecule has 21 heavy (non-hydrogen) atoms. The standard InChI is InChI=1S/C16H16FNO3/c1-8-4-9(2)10(3)14(5-8)21-15-6-11(16(19)20)13(18)7-12(15)17/h4-7H,18H2,1-3H3,(H,19,20). The number of benzene rings is 2. The zero-order valence-corrected chi connectivity index (χ0v) is 12.0. The molecule has 2 aromatic rings.